The number of aromatic hydroxyl groups is 1. The number of thioether (sulfide) groups is 1. The van der Waals surface area contributed by atoms with E-state index in [1.165, 1.54) is 6.07 Å². The largest absolute Gasteiger partial charge is 0.502 e. The standard InChI is InChI=1S/C27H25N3O4S/c1-2-18-8-6-14-34-21-10-5-7-17-15-35-22-11-4-3-9-19(22)24(23(17)21)30-16-28(18)27(33)25-26(32)20(31)12-13-29(25)30/h3-13,18,24,32H,2,14-16H2,1H3/b8-6-/t18-,24-/m0/s1. The van der Waals surface area contributed by atoms with E-state index in [0.29, 0.717) is 13.0 Å². The Morgan fingerprint density at radius 3 is 2.83 bits per heavy atom. The molecule has 2 aromatic carbocycles. The SMILES string of the molecule is CC[C@H]1/C=C\COc2cccc3c2[C@H](c2ccccc2SC3)N2CN1C(=O)c1c(O)c(=O)ccn12. The second kappa shape index (κ2) is 8.53. The number of ether oxygens (including phenoxy) is 1. The number of rotatable bonds is 1. The highest BCUT2D eigenvalue weighted by atomic mass is 32.2. The third-order valence-corrected chi connectivity index (χ3v) is 8.07. The van der Waals surface area contributed by atoms with E-state index in [-0.39, 0.29) is 30.4 Å². The smallest absolute Gasteiger partial charge is 0.278 e. The molecule has 2 atom stereocenters. The van der Waals surface area contributed by atoms with E-state index >= 15 is 0 Å². The Morgan fingerprint density at radius 2 is 1.97 bits per heavy atom. The summed E-state index contributed by atoms with van der Waals surface area (Å²) in [7, 11) is 0. The van der Waals surface area contributed by atoms with Crippen molar-refractivity contribution in [1.29, 1.82) is 0 Å². The molecule has 35 heavy (non-hydrogen) atoms. The van der Waals surface area contributed by atoms with Crippen LogP contribution in [-0.4, -0.2) is 39.9 Å². The first-order valence-corrected chi connectivity index (χ1v) is 12.7. The predicted octanol–water partition coefficient (Wildman–Crippen LogP) is 4.03. The molecule has 0 saturated heterocycles. The van der Waals surface area contributed by atoms with Gasteiger partial charge in [0.2, 0.25) is 5.43 Å². The molecular formula is C27H25N3O4S. The molecule has 1 amide bonds. The first-order chi connectivity index (χ1) is 17.1. The van der Waals surface area contributed by atoms with Gasteiger partial charge in [-0.1, -0.05) is 43.3 Å². The van der Waals surface area contributed by atoms with Gasteiger partial charge in [-0.15, -0.1) is 11.8 Å². The van der Waals surface area contributed by atoms with Crippen molar-refractivity contribution >= 4 is 17.7 Å². The maximum absolute atomic E-state index is 13.7. The van der Waals surface area contributed by atoms with Gasteiger partial charge in [-0.05, 0) is 35.8 Å². The maximum atomic E-state index is 13.7. The summed E-state index contributed by atoms with van der Waals surface area (Å²) in [6, 6.07) is 15.2. The van der Waals surface area contributed by atoms with E-state index in [2.05, 4.69) is 23.2 Å². The summed E-state index contributed by atoms with van der Waals surface area (Å²) in [5.41, 5.74) is 2.70. The van der Waals surface area contributed by atoms with Crippen molar-refractivity contribution in [2.24, 2.45) is 0 Å². The van der Waals surface area contributed by atoms with Crippen LogP contribution in [0.1, 0.15) is 46.6 Å². The Bertz CT molecular complexity index is 1420. The highest BCUT2D eigenvalue weighted by molar-refractivity contribution is 7.98. The highest BCUT2D eigenvalue weighted by Crippen LogP contribution is 2.46. The van der Waals surface area contributed by atoms with Crippen LogP contribution in [-0.2, 0) is 5.75 Å². The quantitative estimate of drug-likeness (QED) is 0.523. The second-order valence-corrected chi connectivity index (χ2v) is 9.87. The van der Waals surface area contributed by atoms with Crippen LogP contribution in [0.3, 0.4) is 0 Å². The third-order valence-electron chi connectivity index (χ3n) is 6.93. The second-order valence-electron chi connectivity index (χ2n) is 8.85. The molecule has 1 N–H and O–H groups in total. The van der Waals surface area contributed by atoms with E-state index in [4.69, 9.17) is 4.74 Å². The van der Waals surface area contributed by atoms with E-state index in [1.54, 1.807) is 27.5 Å². The Balaban J connectivity index is 1.69. The molecule has 1 aromatic heterocycles. The predicted molar refractivity (Wildman–Crippen MR) is 135 cm³/mol. The Kier molecular flexibility index (Phi) is 5.33. The van der Waals surface area contributed by atoms with Gasteiger partial charge in [0.15, 0.2) is 11.4 Å². The number of pyridine rings is 1. The van der Waals surface area contributed by atoms with Crippen molar-refractivity contribution in [3.8, 4) is 11.5 Å². The molecule has 178 valence electrons. The maximum Gasteiger partial charge on any atom is 0.278 e. The van der Waals surface area contributed by atoms with Crippen LogP contribution in [0.15, 0.2) is 76.6 Å². The number of nitrogens with zero attached hydrogens (tertiary/aromatic N) is 3. The van der Waals surface area contributed by atoms with Gasteiger partial charge in [-0.3, -0.25) is 19.3 Å². The number of amides is 1. The van der Waals surface area contributed by atoms with Gasteiger partial charge in [0.1, 0.15) is 25.1 Å². The van der Waals surface area contributed by atoms with Crippen molar-refractivity contribution < 1.29 is 14.6 Å². The van der Waals surface area contributed by atoms with Gasteiger partial charge in [-0.2, -0.15) is 0 Å². The number of benzene rings is 2. The van der Waals surface area contributed by atoms with Gasteiger partial charge in [0.25, 0.3) is 5.91 Å². The molecule has 3 aliphatic rings. The van der Waals surface area contributed by atoms with Gasteiger partial charge < -0.3 is 14.7 Å². The van der Waals surface area contributed by atoms with Gasteiger partial charge in [0, 0.05) is 28.5 Å². The zero-order chi connectivity index (χ0) is 24.1. The Morgan fingerprint density at radius 1 is 1.11 bits per heavy atom. The molecule has 2 bridgehead atoms. The molecule has 4 heterocycles. The first kappa shape index (κ1) is 21.9. The summed E-state index contributed by atoms with van der Waals surface area (Å²) in [6.07, 6.45) is 6.19. The monoisotopic (exact) mass is 487 g/mol. The molecule has 0 aliphatic carbocycles. The molecule has 0 radical (unpaired) electrons. The molecule has 8 heteroatoms. The van der Waals surface area contributed by atoms with Crippen molar-refractivity contribution in [2.75, 3.05) is 18.3 Å². The topological polar surface area (TPSA) is 75.0 Å². The summed E-state index contributed by atoms with van der Waals surface area (Å²) < 4.78 is 7.96. The minimum atomic E-state index is -0.569. The van der Waals surface area contributed by atoms with Gasteiger partial charge in [-0.25, -0.2) is 0 Å². The number of aromatic nitrogens is 1. The normalized spacial score (nSPS) is 21.6. The lowest BCUT2D eigenvalue weighted by molar-refractivity contribution is 0.0625. The van der Waals surface area contributed by atoms with E-state index in [9.17, 15) is 14.7 Å². The minimum Gasteiger partial charge on any atom is -0.502 e. The van der Waals surface area contributed by atoms with E-state index in [0.717, 1.165) is 33.1 Å². The zero-order valence-corrected chi connectivity index (χ0v) is 20.1. The van der Waals surface area contributed by atoms with Crippen LogP contribution in [0.25, 0.3) is 0 Å². The lowest BCUT2D eigenvalue weighted by Gasteiger charge is -2.46. The molecule has 0 spiro atoms. The van der Waals surface area contributed by atoms with Crippen LogP contribution in [0.2, 0.25) is 0 Å². The van der Waals surface area contributed by atoms with Gasteiger partial charge >= 0.3 is 0 Å². The number of fused-ring (bicyclic) bond motifs is 7. The lowest BCUT2D eigenvalue weighted by Crippen LogP contribution is -2.57. The number of hydrogen-bond donors (Lipinski definition) is 1. The lowest BCUT2D eigenvalue weighted by atomic mass is 9.93. The Labute approximate surface area is 207 Å². The summed E-state index contributed by atoms with van der Waals surface area (Å²) in [5, 5.41) is 12.9. The molecule has 7 nitrogen and oxygen atoms in total. The molecule has 3 aliphatic heterocycles. The summed E-state index contributed by atoms with van der Waals surface area (Å²) >= 11 is 1.77. The fraction of sp³-hybridized carbons (Fsp3) is 0.259. The first-order valence-electron chi connectivity index (χ1n) is 11.7. The highest BCUT2D eigenvalue weighted by Gasteiger charge is 2.41. The fourth-order valence-electron chi connectivity index (χ4n) is 5.24. The summed E-state index contributed by atoms with van der Waals surface area (Å²) in [4.78, 5) is 29.0. The van der Waals surface area contributed by atoms with Crippen LogP contribution in [0.5, 0.6) is 11.5 Å². The molecule has 0 unspecified atom stereocenters. The minimum absolute atomic E-state index is 0.0100. The van der Waals surface area contributed by atoms with Crippen LogP contribution < -0.4 is 15.2 Å². The molecular weight excluding hydrogens is 462 g/mol. The molecule has 0 fully saturated rings. The van der Waals surface area contributed by atoms with Crippen LogP contribution in [0.4, 0.5) is 0 Å². The average molecular weight is 488 g/mol. The third kappa shape index (κ3) is 3.43. The average Bonchev–Trinajstić information content (AvgIpc) is 3.05. The molecule has 3 aromatic rings. The fourth-order valence-corrected chi connectivity index (χ4v) is 6.32. The van der Waals surface area contributed by atoms with Crippen LogP contribution in [0, 0.1) is 0 Å². The number of hydrogen-bond acceptors (Lipinski definition) is 6. The zero-order valence-electron chi connectivity index (χ0n) is 19.3. The van der Waals surface area contributed by atoms with Crippen LogP contribution >= 0.6 is 11.8 Å². The van der Waals surface area contributed by atoms with Crippen molar-refractivity contribution in [2.45, 2.75) is 36.1 Å². The Hall–Kier alpha value is -3.65. The van der Waals surface area contributed by atoms with E-state index in [1.807, 2.05) is 43.3 Å². The summed E-state index contributed by atoms with van der Waals surface area (Å²) in [5.74, 6) is 0.686. The number of carbonyl (C=O) groups is 1. The van der Waals surface area contributed by atoms with E-state index < -0.39 is 11.2 Å². The molecule has 6 rings (SSSR count). The number of carbonyl (C=O) groups excluding carboxylic acids is 1. The van der Waals surface area contributed by atoms with Gasteiger partial charge in [0.05, 0.1) is 6.04 Å². The van der Waals surface area contributed by atoms with Crippen molar-refractivity contribution in [3.63, 3.8) is 0 Å². The summed E-state index contributed by atoms with van der Waals surface area (Å²) in [6.45, 7) is 2.69. The van der Waals surface area contributed by atoms with Crippen molar-refractivity contribution in [1.82, 2.24) is 9.58 Å². The molecule has 0 saturated carbocycles. The van der Waals surface area contributed by atoms with Crippen molar-refractivity contribution in [3.05, 3.63) is 99.5 Å².